The quantitative estimate of drug-likeness (QED) is 0.415. The zero-order chi connectivity index (χ0) is 8.55. The number of carbonyl (C=O) groups excluding carboxylic acids is 1. The lowest BCUT2D eigenvalue weighted by molar-refractivity contribution is -0.124. The van der Waals surface area contributed by atoms with E-state index in [1.54, 1.807) is 6.19 Å². The number of fused-ring (bicyclic) bond motifs is 2. The molecule has 0 spiro atoms. The Labute approximate surface area is 70.9 Å². The minimum absolute atomic E-state index is 0.0309. The predicted molar refractivity (Wildman–Crippen MR) is 41.8 cm³/mol. The molecule has 3 atom stereocenters. The first-order chi connectivity index (χ1) is 5.81. The highest BCUT2D eigenvalue weighted by atomic mass is 16.1. The summed E-state index contributed by atoms with van der Waals surface area (Å²) in [6.45, 7) is 0. The summed E-state index contributed by atoms with van der Waals surface area (Å²) in [5.41, 5.74) is 0. The zero-order valence-electron chi connectivity index (χ0n) is 6.71. The van der Waals surface area contributed by atoms with E-state index in [0.717, 1.165) is 12.8 Å². The van der Waals surface area contributed by atoms with Crippen LogP contribution in [0.1, 0.15) is 19.3 Å². The summed E-state index contributed by atoms with van der Waals surface area (Å²) < 4.78 is 0. The Bertz CT molecular complexity index is 245. The van der Waals surface area contributed by atoms with Gasteiger partial charge in [0.05, 0.1) is 5.92 Å². The largest absolute Gasteiger partial charge is 0.310 e. The van der Waals surface area contributed by atoms with Gasteiger partial charge in [-0.1, -0.05) is 0 Å². The molecule has 2 fully saturated rings. The summed E-state index contributed by atoms with van der Waals surface area (Å²) in [6, 6.07) is 0.841. The van der Waals surface area contributed by atoms with Crippen LogP contribution in [-0.2, 0) is 4.79 Å². The fraction of sp³-hybridized carbons (Fsp3) is 0.750. The molecule has 3 unspecified atom stereocenters. The van der Waals surface area contributed by atoms with Gasteiger partial charge < -0.3 is 5.32 Å². The topological polar surface area (TPSA) is 64.9 Å². The smallest absolute Gasteiger partial charge is 0.237 e. The minimum Gasteiger partial charge on any atom is -0.310 e. The van der Waals surface area contributed by atoms with Gasteiger partial charge in [-0.15, -0.1) is 0 Å². The highest BCUT2D eigenvalue weighted by Gasteiger charge is 2.42. The number of carbonyl (C=O) groups is 1. The lowest BCUT2D eigenvalue weighted by Crippen LogP contribution is -2.35. The van der Waals surface area contributed by atoms with E-state index in [9.17, 15) is 4.79 Å². The number of nitrogens with zero attached hydrogens (tertiary/aromatic N) is 1. The lowest BCUT2D eigenvalue weighted by atomic mass is 9.89. The van der Waals surface area contributed by atoms with Gasteiger partial charge in [-0.25, -0.2) is 0 Å². The molecule has 2 bridgehead atoms. The van der Waals surface area contributed by atoms with Gasteiger partial charge in [0.1, 0.15) is 0 Å². The van der Waals surface area contributed by atoms with Gasteiger partial charge in [0.2, 0.25) is 5.91 Å². The molecule has 12 heavy (non-hydrogen) atoms. The normalized spacial score (nSPS) is 37.8. The van der Waals surface area contributed by atoms with Crippen molar-refractivity contribution in [2.75, 3.05) is 0 Å². The molecule has 0 aromatic heterocycles. The Balaban J connectivity index is 1.99. The van der Waals surface area contributed by atoms with Crippen molar-refractivity contribution in [1.29, 1.82) is 5.26 Å². The summed E-state index contributed by atoms with van der Waals surface area (Å²) in [5.74, 6) is -0.0828. The fourth-order valence-electron chi connectivity index (χ4n) is 2.26. The van der Waals surface area contributed by atoms with Crippen molar-refractivity contribution in [3.63, 3.8) is 0 Å². The van der Waals surface area contributed by atoms with Crippen LogP contribution >= 0.6 is 0 Å². The Kier molecular flexibility index (Phi) is 1.74. The van der Waals surface area contributed by atoms with Crippen LogP contribution in [0.15, 0.2) is 0 Å². The Morgan fingerprint density at radius 2 is 2.42 bits per heavy atom. The van der Waals surface area contributed by atoms with E-state index >= 15 is 0 Å². The van der Waals surface area contributed by atoms with Crippen molar-refractivity contribution < 1.29 is 4.79 Å². The van der Waals surface area contributed by atoms with Gasteiger partial charge in [-0.2, -0.15) is 5.26 Å². The Morgan fingerprint density at radius 1 is 1.58 bits per heavy atom. The Morgan fingerprint density at radius 3 is 2.92 bits per heavy atom. The maximum Gasteiger partial charge on any atom is 0.237 e. The third-order valence-electron chi connectivity index (χ3n) is 2.82. The van der Waals surface area contributed by atoms with Gasteiger partial charge in [-0.3, -0.25) is 10.1 Å². The molecule has 0 aliphatic carbocycles. The highest BCUT2D eigenvalue weighted by Crippen LogP contribution is 2.33. The first kappa shape index (κ1) is 7.56. The van der Waals surface area contributed by atoms with Crippen molar-refractivity contribution in [3.8, 4) is 6.19 Å². The van der Waals surface area contributed by atoms with E-state index in [1.807, 2.05) is 0 Å². The first-order valence-electron chi connectivity index (χ1n) is 4.26. The number of amides is 1. The van der Waals surface area contributed by atoms with Crippen molar-refractivity contribution in [2.24, 2.45) is 5.92 Å². The van der Waals surface area contributed by atoms with Gasteiger partial charge in [-0.05, 0) is 19.3 Å². The van der Waals surface area contributed by atoms with Crippen LogP contribution in [0, 0.1) is 17.4 Å². The summed E-state index contributed by atoms with van der Waals surface area (Å²) in [7, 11) is 0. The maximum absolute atomic E-state index is 11.3. The molecule has 2 aliphatic heterocycles. The molecule has 0 aromatic carbocycles. The second-order valence-electron chi connectivity index (χ2n) is 3.49. The molecular weight excluding hydrogens is 154 g/mol. The van der Waals surface area contributed by atoms with Gasteiger partial charge in [0, 0.05) is 12.1 Å². The van der Waals surface area contributed by atoms with Crippen LogP contribution in [0.2, 0.25) is 0 Å². The average Bonchev–Trinajstić information content (AvgIpc) is 2.64. The van der Waals surface area contributed by atoms with Crippen LogP contribution in [0.25, 0.3) is 0 Å². The van der Waals surface area contributed by atoms with E-state index in [2.05, 4.69) is 10.6 Å². The maximum atomic E-state index is 11.3. The van der Waals surface area contributed by atoms with E-state index in [0.29, 0.717) is 12.1 Å². The SMILES string of the molecule is N#CNC(=O)C1CC2CCC1N2. The van der Waals surface area contributed by atoms with E-state index in [1.165, 1.54) is 6.42 Å². The van der Waals surface area contributed by atoms with Gasteiger partial charge >= 0.3 is 0 Å². The molecule has 4 nitrogen and oxygen atoms in total. The van der Waals surface area contributed by atoms with Crippen LogP contribution in [0.3, 0.4) is 0 Å². The van der Waals surface area contributed by atoms with Gasteiger partial charge in [0.15, 0.2) is 6.19 Å². The minimum atomic E-state index is -0.114. The molecule has 0 radical (unpaired) electrons. The Hall–Kier alpha value is -1.08. The van der Waals surface area contributed by atoms with Crippen molar-refractivity contribution in [2.45, 2.75) is 31.3 Å². The van der Waals surface area contributed by atoms with Crippen LogP contribution in [-0.4, -0.2) is 18.0 Å². The number of hydrogen-bond acceptors (Lipinski definition) is 3. The molecule has 4 heteroatoms. The summed E-state index contributed by atoms with van der Waals surface area (Å²) in [6.07, 6.45) is 4.84. The van der Waals surface area contributed by atoms with E-state index < -0.39 is 0 Å². The number of nitriles is 1. The third-order valence-corrected chi connectivity index (χ3v) is 2.82. The molecule has 2 rings (SSSR count). The molecule has 1 amide bonds. The first-order valence-corrected chi connectivity index (χ1v) is 4.26. The van der Waals surface area contributed by atoms with Crippen molar-refractivity contribution in [3.05, 3.63) is 0 Å². The predicted octanol–water partition coefficient (Wildman–Crippen LogP) is -0.276. The molecule has 0 aromatic rings. The van der Waals surface area contributed by atoms with E-state index in [4.69, 9.17) is 5.26 Å². The fourth-order valence-corrected chi connectivity index (χ4v) is 2.26. The summed E-state index contributed by atoms with van der Waals surface area (Å²) >= 11 is 0. The second-order valence-corrected chi connectivity index (χ2v) is 3.49. The van der Waals surface area contributed by atoms with Crippen LogP contribution in [0.5, 0.6) is 0 Å². The second kappa shape index (κ2) is 2.76. The highest BCUT2D eigenvalue weighted by molar-refractivity contribution is 5.81. The monoisotopic (exact) mass is 165 g/mol. The number of rotatable bonds is 1. The molecule has 2 N–H and O–H groups in total. The standard InChI is InChI=1S/C8H11N3O/c9-4-10-8(12)6-3-5-1-2-7(6)11-5/h5-7,11H,1-3H2,(H,10,12). The van der Waals surface area contributed by atoms with Crippen LogP contribution < -0.4 is 10.6 Å². The van der Waals surface area contributed by atoms with E-state index in [-0.39, 0.29) is 11.8 Å². The third kappa shape index (κ3) is 1.07. The van der Waals surface area contributed by atoms with Gasteiger partial charge in [0.25, 0.3) is 0 Å². The van der Waals surface area contributed by atoms with Crippen LogP contribution in [0.4, 0.5) is 0 Å². The molecule has 2 aliphatic rings. The number of nitrogens with one attached hydrogen (secondary N) is 2. The zero-order valence-corrected chi connectivity index (χ0v) is 6.71. The average molecular weight is 165 g/mol. The molecule has 64 valence electrons. The summed E-state index contributed by atoms with van der Waals surface area (Å²) in [4.78, 5) is 11.3. The van der Waals surface area contributed by atoms with Crippen molar-refractivity contribution >= 4 is 5.91 Å². The number of hydrogen-bond donors (Lipinski definition) is 2. The molecule has 2 saturated heterocycles. The summed E-state index contributed by atoms with van der Waals surface area (Å²) in [5, 5.41) is 13.8. The molecular formula is C8H11N3O. The molecule has 2 heterocycles. The lowest BCUT2D eigenvalue weighted by Gasteiger charge is -2.16. The molecule has 0 saturated carbocycles. The van der Waals surface area contributed by atoms with Crippen molar-refractivity contribution in [1.82, 2.24) is 10.6 Å².